The normalized spacial score (nSPS) is 9.31. The highest BCUT2D eigenvalue weighted by Gasteiger charge is 2.01. The van der Waals surface area contributed by atoms with Crippen molar-refractivity contribution < 1.29 is 4.79 Å². The number of aromatic nitrogens is 1. The lowest BCUT2D eigenvalue weighted by Crippen LogP contribution is -2.27. The minimum atomic E-state index is 0. The van der Waals surface area contributed by atoms with Crippen LogP contribution in [0.25, 0.3) is 0 Å². The van der Waals surface area contributed by atoms with Gasteiger partial charge in [-0.1, -0.05) is 0 Å². The maximum Gasteiger partial charge on any atom is 0.230 e. The SMILES string of the molecule is Cl.NCCCNC(=O)CSc1ccncc1. The molecule has 1 rings (SSSR count). The third-order valence-electron chi connectivity index (χ3n) is 1.72. The number of hydrogen-bond acceptors (Lipinski definition) is 4. The summed E-state index contributed by atoms with van der Waals surface area (Å²) in [6, 6.07) is 3.77. The molecule has 0 aliphatic rings. The van der Waals surface area contributed by atoms with Gasteiger partial charge in [0.2, 0.25) is 5.91 Å². The van der Waals surface area contributed by atoms with Crippen molar-refractivity contribution >= 4 is 30.1 Å². The molecule has 0 saturated heterocycles. The van der Waals surface area contributed by atoms with Gasteiger partial charge in [0.05, 0.1) is 5.75 Å². The van der Waals surface area contributed by atoms with Crippen LogP contribution in [0.4, 0.5) is 0 Å². The lowest BCUT2D eigenvalue weighted by molar-refractivity contribution is -0.118. The van der Waals surface area contributed by atoms with Gasteiger partial charge >= 0.3 is 0 Å². The van der Waals surface area contributed by atoms with Crippen molar-refractivity contribution in [3.05, 3.63) is 24.5 Å². The summed E-state index contributed by atoms with van der Waals surface area (Å²) >= 11 is 1.50. The second kappa shape index (κ2) is 9.45. The van der Waals surface area contributed by atoms with Crippen molar-refractivity contribution in [2.24, 2.45) is 5.73 Å². The van der Waals surface area contributed by atoms with E-state index in [-0.39, 0.29) is 18.3 Å². The molecule has 4 nitrogen and oxygen atoms in total. The van der Waals surface area contributed by atoms with Crippen LogP contribution in [0.15, 0.2) is 29.4 Å². The Balaban J connectivity index is 0.00000225. The first-order valence-electron chi connectivity index (χ1n) is 4.82. The second-order valence-corrected chi connectivity index (χ2v) is 4.01. The Morgan fingerprint density at radius 3 is 2.75 bits per heavy atom. The molecular weight excluding hydrogens is 246 g/mol. The fourth-order valence-corrected chi connectivity index (χ4v) is 1.68. The first kappa shape index (κ1) is 15.2. The summed E-state index contributed by atoms with van der Waals surface area (Å²) in [7, 11) is 0. The van der Waals surface area contributed by atoms with Crippen LogP contribution < -0.4 is 11.1 Å². The van der Waals surface area contributed by atoms with Crippen molar-refractivity contribution in [3.63, 3.8) is 0 Å². The molecule has 0 radical (unpaired) electrons. The van der Waals surface area contributed by atoms with E-state index in [0.717, 1.165) is 11.3 Å². The zero-order valence-electron chi connectivity index (χ0n) is 8.89. The molecule has 1 aromatic heterocycles. The number of hydrogen-bond donors (Lipinski definition) is 2. The molecule has 0 spiro atoms. The summed E-state index contributed by atoms with van der Waals surface area (Å²) in [5.74, 6) is 0.486. The number of nitrogens with two attached hydrogens (primary N) is 1. The smallest absolute Gasteiger partial charge is 0.230 e. The Kier molecular flexibility index (Phi) is 8.99. The van der Waals surface area contributed by atoms with Crippen LogP contribution in [-0.4, -0.2) is 29.7 Å². The maximum atomic E-state index is 11.3. The average molecular weight is 262 g/mol. The number of thioether (sulfide) groups is 1. The van der Waals surface area contributed by atoms with Crippen molar-refractivity contribution in [1.29, 1.82) is 0 Å². The topological polar surface area (TPSA) is 68.0 Å². The third kappa shape index (κ3) is 6.66. The van der Waals surface area contributed by atoms with Gasteiger partial charge in [-0.25, -0.2) is 0 Å². The van der Waals surface area contributed by atoms with Gasteiger partial charge in [-0.3, -0.25) is 9.78 Å². The molecule has 0 fully saturated rings. The predicted octanol–water partition coefficient (Wildman–Crippen LogP) is 1.06. The van der Waals surface area contributed by atoms with Gasteiger partial charge in [0.25, 0.3) is 0 Å². The molecule has 1 aromatic rings. The molecule has 1 amide bonds. The summed E-state index contributed by atoms with van der Waals surface area (Å²) in [4.78, 5) is 16.3. The lowest BCUT2D eigenvalue weighted by atomic mass is 10.4. The Bertz CT molecular complexity index is 297. The van der Waals surface area contributed by atoms with E-state index in [2.05, 4.69) is 10.3 Å². The number of pyridine rings is 1. The second-order valence-electron chi connectivity index (χ2n) is 2.96. The molecule has 0 atom stereocenters. The summed E-state index contributed by atoms with van der Waals surface area (Å²) in [6.45, 7) is 1.27. The van der Waals surface area contributed by atoms with E-state index in [9.17, 15) is 4.79 Å². The number of amides is 1. The number of halogens is 1. The number of rotatable bonds is 6. The van der Waals surface area contributed by atoms with Crippen LogP contribution in [0.1, 0.15) is 6.42 Å². The first-order chi connectivity index (χ1) is 7.33. The predicted molar refractivity (Wildman–Crippen MR) is 68.9 cm³/mol. The van der Waals surface area contributed by atoms with Gasteiger partial charge in [-0.15, -0.1) is 24.2 Å². The van der Waals surface area contributed by atoms with Gasteiger partial charge in [-0.2, -0.15) is 0 Å². The number of carbonyl (C=O) groups is 1. The van der Waals surface area contributed by atoms with Gasteiger partial charge in [0.15, 0.2) is 0 Å². The van der Waals surface area contributed by atoms with E-state index in [1.165, 1.54) is 11.8 Å². The van der Waals surface area contributed by atoms with E-state index in [1.54, 1.807) is 12.4 Å². The van der Waals surface area contributed by atoms with Gasteiger partial charge in [0.1, 0.15) is 0 Å². The monoisotopic (exact) mass is 261 g/mol. The number of carbonyl (C=O) groups excluding carboxylic acids is 1. The molecule has 90 valence electrons. The van der Waals surface area contributed by atoms with Crippen LogP contribution in [0, 0.1) is 0 Å². The Morgan fingerprint density at radius 2 is 2.12 bits per heavy atom. The van der Waals surface area contributed by atoms with E-state index >= 15 is 0 Å². The number of nitrogens with zero attached hydrogens (tertiary/aromatic N) is 1. The molecule has 0 saturated carbocycles. The van der Waals surface area contributed by atoms with Crippen molar-refractivity contribution in [2.45, 2.75) is 11.3 Å². The molecule has 0 aliphatic carbocycles. The summed E-state index contributed by atoms with van der Waals surface area (Å²) in [5, 5.41) is 2.80. The van der Waals surface area contributed by atoms with Gasteiger partial charge < -0.3 is 11.1 Å². The zero-order valence-corrected chi connectivity index (χ0v) is 10.5. The molecule has 0 bridgehead atoms. The molecule has 16 heavy (non-hydrogen) atoms. The highest BCUT2D eigenvalue weighted by atomic mass is 35.5. The number of nitrogens with one attached hydrogen (secondary N) is 1. The highest BCUT2D eigenvalue weighted by Crippen LogP contribution is 2.15. The van der Waals surface area contributed by atoms with E-state index in [0.29, 0.717) is 18.8 Å². The molecular formula is C10H16ClN3OS. The van der Waals surface area contributed by atoms with Crippen LogP contribution in [-0.2, 0) is 4.79 Å². The highest BCUT2D eigenvalue weighted by molar-refractivity contribution is 8.00. The molecule has 0 aliphatic heterocycles. The average Bonchev–Trinajstić information content (AvgIpc) is 2.28. The quantitative estimate of drug-likeness (QED) is 0.594. The van der Waals surface area contributed by atoms with Crippen LogP contribution in [0.3, 0.4) is 0 Å². The fourth-order valence-electron chi connectivity index (χ4n) is 0.964. The molecule has 1 heterocycles. The Labute approximate surface area is 106 Å². The van der Waals surface area contributed by atoms with Crippen LogP contribution in [0.2, 0.25) is 0 Å². The molecule has 0 unspecified atom stereocenters. The minimum Gasteiger partial charge on any atom is -0.355 e. The minimum absolute atomic E-state index is 0. The van der Waals surface area contributed by atoms with Gasteiger partial charge in [0, 0.05) is 23.8 Å². The fraction of sp³-hybridized carbons (Fsp3) is 0.400. The van der Waals surface area contributed by atoms with Gasteiger partial charge in [-0.05, 0) is 25.1 Å². The Morgan fingerprint density at radius 1 is 1.44 bits per heavy atom. The molecule has 3 N–H and O–H groups in total. The largest absolute Gasteiger partial charge is 0.355 e. The maximum absolute atomic E-state index is 11.3. The molecule has 0 aromatic carbocycles. The molecule has 6 heteroatoms. The van der Waals surface area contributed by atoms with E-state index < -0.39 is 0 Å². The van der Waals surface area contributed by atoms with Crippen molar-refractivity contribution in [3.8, 4) is 0 Å². The summed E-state index contributed by atoms with van der Waals surface area (Å²) in [6.07, 6.45) is 4.26. The van der Waals surface area contributed by atoms with Crippen molar-refractivity contribution in [1.82, 2.24) is 10.3 Å². The summed E-state index contributed by atoms with van der Waals surface area (Å²) in [5.41, 5.74) is 5.32. The van der Waals surface area contributed by atoms with Crippen LogP contribution >= 0.6 is 24.2 Å². The van der Waals surface area contributed by atoms with E-state index in [1.807, 2.05) is 12.1 Å². The zero-order chi connectivity index (χ0) is 10.9. The first-order valence-corrected chi connectivity index (χ1v) is 5.81. The third-order valence-corrected chi connectivity index (χ3v) is 2.73. The summed E-state index contributed by atoms with van der Waals surface area (Å²) < 4.78 is 0. The van der Waals surface area contributed by atoms with Crippen molar-refractivity contribution in [2.75, 3.05) is 18.8 Å². The standard InChI is InChI=1S/C10H15N3OS.ClH/c11-4-1-5-13-10(14)8-15-9-2-6-12-7-3-9;/h2-3,6-7H,1,4-5,8,11H2,(H,13,14);1H. The Hall–Kier alpha value is -0.780. The van der Waals surface area contributed by atoms with E-state index in [4.69, 9.17) is 5.73 Å². The lowest BCUT2D eigenvalue weighted by Gasteiger charge is -2.03. The van der Waals surface area contributed by atoms with Crippen LogP contribution in [0.5, 0.6) is 0 Å².